The number of carbonyl (C=O) groups excluding carboxylic acids is 1. The fourth-order valence-electron chi connectivity index (χ4n) is 7.33. The van der Waals surface area contributed by atoms with Crippen molar-refractivity contribution in [3.63, 3.8) is 0 Å². The van der Waals surface area contributed by atoms with Crippen LogP contribution in [0.5, 0.6) is 5.88 Å². The van der Waals surface area contributed by atoms with Gasteiger partial charge in [0, 0.05) is 30.9 Å². The van der Waals surface area contributed by atoms with Crippen LogP contribution in [0.15, 0.2) is 47.6 Å². The quantitative estimate of drug-likeness (QED) is 0.349. The zero-order valence-corrected chi connectivity index (χ0v) is 26.7. The van der Waals surface area contributed by atoms with Gasteiger partial charge in [-0.25, -0.2) is 19.4 Å². The smallest absolute Gasteiger partial charge is 0.394 e. The lowest BCUT2D eigenvalue weighted by Gasteiger charge is -2.33. The lowest BCUT2D eigenvalue weighted by Crippen LogP contribution is -2.41. The van der Waals surface area contributed by atoms with E-state index in [2.05, 4.69) is 38.9 Å². The van der Waals surface area contributed by atoms with Crippen molar-refractivity contribution in [2.75, 3.05) is 29.9 Å². The minimum absolute atomic E-state index is 0.00692. The van der Waals surface area contributed by atoms with E-state index < -0.39 is 45.6 Å². The number of aliphatic hydroxyl groups excluding tert-OH is 1. The van der Waals surface area contributed by atoms with Gasteiger partial charge in [0.2, 0.25) is 5.88 Å². The van der Waals surface area contributed by atoms with Gasteiger partial charge in [-0.3, -0.25) is 4.79 Å². The molecule has 1 spiro atoms. The van der Waals surface area contributed by atoms with Crippen LogP contribution < -0.4 is 19.7 Å². The zero-order valence-electron chi connectivity index (χ0n) is 25.9. The molecule has 5 heterocycles. The first-order chi connectivity index (χ1) is 22.1. The molecule has 1 amide bonds. The van der Waals surface area contributed by atoms with E-state index in [0.29, 0.717) is 36.5 Å². The maximum absolute atomic E-state index is 13.7. The Morgan fingerprint density at radius 2 is 1.94 bits per heavy atom. The molecular formula is C31H36F3N7O5S. The Bertz CT molecular complexity index is 1830. The van der Waals surface area contributed by atoms with Gasteiger partial charge >= 0.3 is 6.18 Å². The number of rotatable bonds is 6. The first-order valence-corrected chi connectivity index (χ1v) is 17.1. The number of sulfonamides is 1. The van der Waals surface area contributed by atoms with Gasteiger partial charge in [0.05, 0.1) is 17.1 Å². The number of nitrogens with one attached hydrogen (secondary N) is 2. The summed E-state index contributed by atoms with van der Waals surface area (Å²) < 4.78 is 75.5. The number of carbonyl (C=O) groups is 1. The lowest BCUT2D eigenvalue weighted by molar-refractivity contribution is -0.195. The fraction of sp³-hybridized carbons (Fsp3) is 0.548. The standard InChI is InChI=1S/C31H36F3N7O5S/c1-28(2)17-29-14-19(29)8-12-35-22-4-3-5-25(36-22)47(44,45)39-27(43)21-6-7-23(37-26(21)40(28)18-29)41-13-9-24(38-41)46-16-20(42)15-30(10-11-30)31(32,33)34/h3-7,9,13,19-20,42H,8,10-12,14-18H2,1-2H3,(H,35,36)(H,39,43). The summed E-state index contributed by atoms with van der Waals surface area (Å²) in [7, 11) is -4.32. The van der Waals surface area contributed by atoms with E-state index in [4.69, 9.17) is 9.72 Å². The number of alkyl halides is 3. The molecule has 252 valence electrons. The number of aromatic nitrogens is 4. The van der Waals surface area contributed by atoms with E-state index in [-0.39, 0.29) is 41.3 Å². The Morgan fingerprint density at radius 1 is 1.15 bits per heavy atom. The molecule has 16 heteroatoms. The molecule has 3 aromatic heterocycles. The van der Waals surface area contributed by atoms with Crippen LogP contribution in [0.3, 0.4) is 0 Å². The molecule has 2 aliphatic heterocycles. The first kappa shape index (κ1) is 31.7. The maximum atomic E-state index is 13.7. The van der Waals surface area contributed by atoms with E-state index in [1.807, 2.05) is 0 Å². The largest absolute Gasteiger partial charge is 0.474 e. The molecule has 3 fully saturated rings. The van der Waals surface area contributed by atoms with Crippen LogP contribution in [0.2, 0.25) is 0 Å². The summed E-state index contributed by atoms with van der Waals surface area (Å²) in [5.41, 5.74) is -2.17. The van der Waals surface area contributed by atoms with Crippen LogP contribution in [0.1, 0.15) is 62.7 Å². The van der Waals surface area contributed by atoms with Crippen molar-refractivity contribution >= 4 is 27.6 Å². The number of pyridine rings is 2. The highest BCUT2D eigenvalue weighted by Gasteiger charge is 2.64. The third kappa shape index (κ3) is 5.90. The number of ether oxygens (including phenoxy) is 1. The number of fused-ring (bicyclic) bond motifs is 5. The number of hydrogen-bond acceptors (Lipinski definition) is 10. The molecule has 3 aromatic rings. The average Bonchev–Trinajstić information content (AvgIpc) is 3.83. The molecule has 2 aliphatic carbocycles. The van der Waals surface area contributed by atoms with Gasteiger partial charge in [-0.1, -0.05) is 6.07 Å². The van der Waals surface area contributed by atoms with Crippen LogP contribution in [-0.2, 0) is 10.0 Å². The highest BCUT2D eigenvalue weighted by molar-refractivity contribution is 7.90. The highest BCUT2D eigenvalue weighted by Crippen LogP contribution is 2.64. The summed E-state index contributed by atoms with van der Waals surface area (Å²) in [6.07, 6.45) is -1.84. The second-order valence-corrected chi connectivity index (χ2v) is 15.6. The molecule has 47 heavy (non-hydrogen) atoms. The van der Waals surface area contributed by atoms with Crippen LogP contribution in [0.25, 0.3) is 5.82 Å². The normalized spacial score (nSPS) is 26.0. The summed E-state index contributed by atoms with van der Waals surface area (Å²) in [5.74, 6) is 0.674. The number of anilines is 2. The molecule has 4 bridgehead atoms. The van der Waals surface area contributed by atoms with Crippen molar-refractivity contribution in [3.05, 3.63) is 48.2 Å². The molecule has 3 unspecified atom stereocenters. The minimum Gasteiger partial charge on any atom is -0.474 e. The lowest BCUT2D eigenvalue weighted by atomic mass is 9.92. The van der Waals surface area contributed by atoms with E-state index in [1.165, 1.54) is 28.9 Å². The third-order valence-corrected chi connectivity index (χ3v) is 11.3. The van der Waals surface area contributed by atoms with Crippen molar-refractivity contribution < 1.29 is 36.2 Å². The third-order valence-electron chi connectivity index (χ3n) is 10.0. The van der Waals surface area contributed by atoms with Crippen molar-refractivity contribution in [2.45, 2.75) is 75.2 Å². The first-order valence-electron chi connectivity index (χ1n) is 15.6. The second-order valence-electron chi connectivity index (χ2n) is 13.9. The topological polar surface area (TPSA) is 152 Å². The van der Waals surface area contributed by atoms with Gasteiger partial charge in [0.1, 0.15) is 18.2 Å². The Labute approximate surface area is 269 Å². The SMILES string of the molecule is CC1(C)CC23CC2CCNc2cccc(n2)S(=O)(=O)NC(=O)c2ccc(-n4ccc(OCC(O)CC5(C(F)(F)F)CC5)n4)nc2N1C3. The van der Waals surface area contributed by atoms with Crippen molar-refractivity contribution in [1.82, 2.24) is 24.5 Å². The number of halogens is 3. The van der Waals surface area contributed by atoms with Gasteiger partial charge in [-0.2, -0.15) is 21.6 Å². The average molecular weight is 676 g/mol. The van der Waals surface area contributed by atoms with Crippen molar-refractivity contribution in [1.29, 1.82) is 0 Å². The predicted octanol–water partition coefficient (Wildman–Crippen LogP) is 4.06. The number of amides is 1. The van der Waals surface area contributed by atoms with E-state index in [9.17, 15) is 31.5 Å². The maximum Gasteiger partial charge on any atom is 0.394 e. The van der Waals surface area contributed by atoms with Gasteiger partial charge < -0.3 is 20.1 Å². The van der Waals surface area contributed by atoms with Crippen molar-refractivity contribution in [3.8, 4) is 11.7 Å². The summed E-state index contributed by atoms with van der Waals surface area (Å²) >= 11 is 0. The Morgan fingerprint density at radius 3 is 2.68 bits per heavy atom. The number of hydrogen-bond donors (Lipinski definition) is 3. The molecule has 7 rings (SSSR count). The summed E-state index contributed by atoms with van der Waals surface area (Å²) in [5, 5.41) is 17.5. The minimum atomic E-state index is -4.37. The fourth-order valence-corrected chi connectivity index (χ4v) is 8.26. The molecule has 2 saturated carbocycles. The molecule has 12 nitrogen and oxygen atoms in total. The number of nitrogens with zero attached hydrogens (tertiary/aromatic N) is 5. The Kier molecular flexibility index (Phi) is 7.28. The highest BCUT2D eigenvalue weighted by atomic mass is 32.2. The van der Waals surface area contributed by atoms with Crippen molar-refractivity contribution in [2.24, 2.45) is 16.7 Å². The summed E-state index contributed by atoms with van der Waals surface area (Å²) in [6.45, 7) is 5.05. The van der Waals surface area contributed by atoms with Crippen LogP contribution in [0, 0.1) is 16.7 Å². The van der Waals surface area contributed by atoms with E-state index in [1.54, 1.807) is 18.3 Å². The van der Waals surface area contributed by atoms with E-state index >= 15 is 0 Å². The predicted molar refractivity (Wildman–Crippen MR) is 164 cm³/mol. The summed E-state index contributed by atoms with van der Waals surface area (Å²) in [6, 6.07) is 9.09. The Hall–Kier alpha value is -3.92. The molecular weight excluding hydrogens is 639 g/mol. The van der Waals surface area contributed by atoms with E-state index in [0.717, 1.165) is 19.3 Å². The van der Waals surface area contributed by atoms with Crippen LogP contribution >= 0.6 is 0 Å². The van der Waals surface area contributed by atoms with Gasteiger partial charge in [-0.05, 0) is 88.0 Å². The van der Waals surface area contributed by atoms with Gasteiger partial charge in [0.25, 0.3) is 15.9 Å². The molecule has 3 atom stereocenters. The van der Waals surface area contributed by atoms with Crippen LogP contribution in [-0.4, -0.2) is 76.7 Å². The van der Waals surface area contributed by atoms with Gasteiger partial charge in [-0.15, -0.1) is 5.10 Å². The monoisotopic (exact) mass is 675 g/mol. The molecule has 4 aliphatic rings. The molecule has 3 N–H and O–H groups in total. The molecule has 0 radical (unpaired) electrons. The zero-order chi connectivity index (χ0) is 33.4. The van der Waals surface area contributed by atoms with Crippen LogP contribution in [0.4, 0.5) is 24.8 Å². The molecule has 0 aromatic carbocycles. The Balaban J connectivity index is 1.17. The van der Waals surface area contributed by atoms with Gasteiger partial charge in [0.15, 0.2) is 10.8 Å². The summed E-state index contributed by atoms with van der Waals surface area (Å²) in [4.78, 5) is 24.8. The molecule has 1 saturated heterocycles. The second kappa shape index (κ2) is 10.8. The number of aliphatic hydroxyl groups is 1.